The van der Waals surface area contributed by atoms with Gasteiger partial charge in [0.15, 0.2) is 0 Å². The molecule has 0 aliphatic rings. The molecule has 4 aromatic rings. The summed E-state index contributed by atoms with van der Waals surface area (Å²) in [6.45, 7) is 0. The molecule has 7 heteroatoms. The molecule has 3 N–H and O–H groups in total. The van der Waals surface area contributed by atoms with Gasteiger partial charge >= 0.3 is 0 Å². The first kappa shape index (κ1) is 18.4. The zero-order valence-electron chi connectivity index (χ0n) is 15.0. The van der Waals surface area contributed by atoms with Gasteiger partial charge in [-0.25, -0.2) is 8.78 Å². The number of aromatic hydroxyl groups is 1. The lowest BCUT2D eigenvalue weighted by Crippen LogP contribution is -2.13. The van der Waals surface area contributed by atoms with Crippen molar-refractivity contribution in [3.63, 3.8) is 0 Å². The number of aromatic amines is 1. The second kappa shape index (κ2) is 7.55. The molecule has 0 aliphatic heterocycles. The number of phenols is 1. The Morgan fingerprint density at radius 1 is 0.966 bits per heavy atom. The summed E-state index contributed by atoms with van der Waals surface area (Å²) in [5, 5.41) is 19.5. The van der Waals surface area contributed by atoms with Gasteiger partial charge in [0.2, 0.25) is 0 Å². The zero-order valence-corrected chi connectivity index (χ0v) is 15.0. The van der Waals surface area contributed by atoms with Crippen LogP contribution in [0.5, 0.6) is 5.75 Å². The second-order valence-corrected chi connectivity index (χ2v) is 6.34. The predicted molar refractivity (Wildman–Crippen MR) is 105 cm³/mol. The molecule has 5 nitrogen and oxygen atoms in total. The van der Waals surface area contributed by atoms with Crippen LogP contribution in [0.4, 0.5) is 14.5 Å². The number of carbonyl (C=O) groups is 1. The average molecular weight is 391 g/mol. The summed E-state index contributed by atoms with van der Waals surface area (Å²) in [6.07, 6.45) is 0. The Hall–Kier alpha value is -4.00. The highest BCUT2D eigenvalue weighted by Gasteiger charge is 2.13. The van der Waals surface area contributed by atoms with Gasteiger partial charge in [-0.3, -0.25) is 9.89 Å². The van der Waals surface area contributed by atoms with Crippen LogP contribution in [0.1, 0.15) is 10.4 Å². The third kappa shape index (κ3) is 3.84. The molecule has 0 aliphatic carbocycles. The number of nitrogens with one attached hydrogen (secondary N) is 2. The molecule has 144 valence electrons. The molecule has 0 fully saturated rings. The van der Waals surface area contributed by atoms with Crippen LogP contribution in [0.15, 0.2) is 72.8 Å². The van der Waals surface area contributed by atoms with E-state index in [2.05, 4.69) is 15.5 Å². The zero-order chi connectivity index (χ0) is 20.4. The average Bonchev–Trinajstić information content (AvgIpc) is 3.20. The molecule has 0 spiro atoms. The number of carbonyl (C=O) groups excluding carboxylic acids is 1. The third-order valence-corrected chi connectivity index (χ3v) is 4.38. The van der Waals surface area contributed by atoms with E-state index in [1.54, 1.807) is 36.4 Å². The lowest BCUT2D eigenvalue weighted by molar-refractivity contribution is 0.102. The molecule has 0 bridgehead atoms. The SMILES string of the molecule is O=C(Nc1ccc(-c2cc(-c3cc(F)ccc3O)[nH]n2)cc1)c1ccccc1F. The Balaban J connectivity index is 1.53. The first-order valence-electron chi connectivity index (χ1n) is 8.72. The normalized spacial score (nSPS) is 10.7. The van der Waals surface area contributed by atoms with E-state index in [0.29, 0.717) is 22.6 Å². The van der Waals surface area contributed by atoms with Crippen LogP contribution in [0, 0.1) is 11.6 Å². The van der Waals surface area contributed by atoms with Crippen LogP contribution in [-0.4, -0.2) is 21.2 Å². The monoisotopic (exact) mass is 391 g/mol. The van der Waals surface area contributed by atoms with Gasteiger partial charge in [0, 0.05) is 16.8 Å². The van der Waals surface area contributed by atoms with Crippen molar-refractivity contribution in [3.8, 4) is 28.3 Å². The van der Waals surface area contributed by atoms with Crippen LogP contribution in [0.3, 0.4) is 0 Å². The van der Waals surface area contributed by atoms with Crippen molar-refractivity contribution in [2.45, 2.75) is 0 Å². The molecule has 0 radical (unpaired) electrons. The molecular weight excluding hydrogens is 376 g/mol. The highest BCUT2D eigenvalue weighted by molar-refractivity contribution is 6.04. The van der Waals surface area contributed by atoms with Crippen molar-refractivity contribution in [2.75, 3.05) is 5.32 Å². The Kier molecular flexibility index (Phi) is 4.78. The minimum atomic E-state index is -0.591. The van der Waals surface area contributed by atoms with Gasteiger partial charge in [-0.2, -0.15) is 5.10 Å². The minimum Gasteiger partial charge on any atom is -0.507 e. The van der Waals surface area contributed by atoms with Crippen LogP contribution >= 0.6 is 0 Å². The number of benzene rings is 3. The van der Waals surface area contributed by atoms with E-state index in [-0.39, 0.29) is 11.3 Å². The number of nitrogens with zero attached hydrogens (tertiary/aromatic N) is 1. The number of aromatic nitrogens is 2. The van der Waals surface area contributed by atoms with Gasteiger partial charge in [0.1, 0.15) is 17.4 Å². The quantitative estimate of drug-likeness (QED) is 0.459. The van der Waals surface area contributed by atoms with Crippen molar-refractivity contribution >= 4 is 11.6 Å². The number of amides is 1. The Labute approximate surface area is 164 Å². The standard InChI is InChI=1S/C22H15F2N3O2/c23-14-7-10-21(28)17(11-14)20-12-19(26-27-20)13-5-8-15(9-6-13)25-22(29)16-3-1-2-4-18(16)24/h1-12,28H,(H,25,29)(H,26,27). The summed E-state index contributed by atoms with van der Waals surface area (Å²) in [5.41, 5.74) is 2.55. The molecule has 1 heterocycles. The van der Waals surface area contributed by atoms with Gasteiger partial charge in [-0.15, -0.1) is 0 Å². The van der Waals surface area contributed by atoms with E-state index >= 15 is 0 Å². The fourth-order valence-corrected chi connectivity index (χ4v) is 2.90. The van der Waals surface area contributed by atoms with Crippen molar-refractivity contribution in [1.29, 1.82) is 0 Å². The van der Waals surface area contributed by atoms with Crippen molar-refractivity contribution in [3.05, 3.63) is 90.0 Å². The highest BCUT2D eigenvalue weighted by atomic mass is 19.1. The first-order valence-corrected chi connectivity index (χ1v) is 8.72. The van der Waals surface area contributed by atoms with Crippen LogP contribution in [0.2, 0.25) is 0 Å². The van der Waals surface area contributed by atoms with Gasteiger partial charge in [0.05, 0.1) is 17.0 Å². The summed E-state index contributed by atoms with van der Waals surface area (Å²) in [6, 6.07) is 17.9. The predicted octanol–water partition coefficient (Wildman–Crippen LogP) is 4.98. The van der Waals surface area contributed by atoms with E-state index in [1.165, 1.54) is 36.4 Å². The molecular formula is C22H15F2N3O2. The molecule has 0 atom stereocenters. The number of hydrogen-bond acceptors (Lipinski definition) is 3. The maximum absolute atomic E-state index is 13.7. The molecule has 0 saturated carbocycles. The molecule has 1 amide bonds. The highest BCUT2D eigenvalue weighted by Crippen LogP contribution is 2.31. The minimum absolute atomic E-state index is 0.0385. The number of hydrogen-bond donors (Lipinski definition) is 3. The van der Waals surface area contributed by atoms with Crippen molar-refractivity contribution in [1.82, 2.24) is 10.2 Å². The van der Waals surface area contributed by atoms with Crippen LogP contribution < -0.4 is 5.32 Å². The lowest BCUT2D eigenvalue weighted by Gasteiger charge is -2.06. The number of phenolic OH excluding ortho intramolecular Hbond substituents is 1. The van der Waals surface area contributed by atoms with Gasteiger partial charge in [-0.1, -0.05) is 24.3 Å². The molecule has 4 rings (SSSR count). The number of H-pyrrole nitrogens is 1. The number of anilines is 1. The third-order valence-electron chi connectivity index (χ3n) is 4.38. The molecule has 29 heavy (non-hydrogen) atoms. The summed E-state index contributed by atoms with van der Waals surface area (Å²) in [5.74, 6) is -1.66. The smallest absolute Gasteiger partial charge is 0.258 e. The Morgan fingerprint density at radius 3 is 2.48 bits per heavy atom. The Bertz CT molecular complexity index is 1190. The van der Waals surface area contributed by atoms with E-state index in [0.717, 1.165) is 5.56 Å². The molecule has 0 unspecified atom stereocenters. The molecule has 0 saturated heterocycles. The maximum Gasteiger partial charge on any atom is 0.258 e. The van der Waals surface area contributed by atoms with E-state index in [4.69, 9.17) is 0 Å². The van der Waals surface area contributed by atoms with E-state index in [1.807, 2.05) is 0 Å². The molecule has 1 aromatic heterocycles. The maximum atomic E-state index is 13.7. The number of rotatable bonds is 4. The number of halogens is 2. The summed E-state index contributed by atoms with van der Waals surface area (Å²) < 4.78 is 27.2. The van der Waals surface area contributed by atoms with Crippen LogP contribution in [0.25, 0.3) is 22.5 Å². The Morgan fingerprint density at radius 2 is 1.72 bits per heavy atom. The topological polar surface area (TPSA) is 78.0 Å². The largest absolute Gasteiger partial charge is 0.507 e. The summed E-state index contributed by atoms with van der Waals surface area (Å²) >= 11 is 0. The van der Waals surface area contributed by atoms with Crippen LogP contribution in [-0.2, 0) is 0 Å². The fraction of sp³-hybridized carbons (Fsp3) is 0. The molecule has 3 aromatic carbocycles. The van der Waals surface area contributed by atoms with E-state index < -0.39 is 17.5 Å². The van der Waals surface area contributed by atoms with Gasteiger partial charge < -0.3 is 10.4 Å². The summed E-state index contributed by atoms with van der Waals surface area (Å²) in [7, 11) is 0. The summed E-state index contributed by atoms with van der Waals surface area (Å²) in [4.78, 5) is 12.2. The second-order valence-electron chi connectivity index (χ2n) is 6.34. The fourth-order valence-electron chi connectivity index (χ4n) is 2.90. The van der Waals surface area contributed by atoms with Gasteiger partial charge in [-0.05, 0) is 48.5 Å². The van der Waals surface area contributed by atoms with Gasteiger partial charge in [0.25, 0.3) is 5.91 Å². The lowest BCUT2D eigenvalue weighted by atomic mass is 10.1. The van der Waals surface area contributed by atoms with Crippen molar-refractivity contribution in [2.24, 2.45) is 0 Å². The van der Waals surface area contributed by atoms with Crippen molar-refractivity contribution < 1.29 is 18.7 Å². The first-order chi connectivity index (χ1) is 14.0. The van der Waals surface area contributed by atoms with E-state index in [9.17, 15) is 18.7 Å².